The second kappa shape index (κ2) is 12.7. The lowest BCUT2D eigenvalue weighted by Crippen LogP contribution is -2.54. The molecule has 0 aliphatic heterocycles. The quantitative estimate of drug-likeness (QED) is 0.347. The molecular weight excluding hydrogens is 582 g/mol. The number of carbonyl (C=O) groups is 2. The van der Waals surface area contributed by atoms with Crippen molar-refractivity contribution in [1.82, 2.24) is 10.2 Å². The number of ether oxygens (including phenoxy) is 1. The number of sulfonamides is 1. The van der Waals surface area contributed by atoms with E-state index in [1.807, 2.05) is 45.0 Å². The van der Waals surface area contributed by atoms with Gasteiger partial charge >= 0.3 is 0 Å². The molecular formula is C29H34BrN3O5S. The summed E-state index contributed by atoms with van der Waals surface area (Å²) < 4.78 is 35.0. The van der Waals surface area contributed by atoms with Crippen LogP contribution < -0.4 is 14.4 Å². The van der Waals surface area contributed by atoms with E-state index in [-0.39, 0.29) is 23.0 Å². The molecule has 0 fully saturated rings. The molecule has 10 heteroatoms. The molecule has 0 aliphatic rings. The summed E-state index contributed by atoms with van der Waals surface area (Å²) in [5.74, 6) is -0.598. The van der Waals surface area contributed by atoms with E-state index in [9.17, 15) is 18.0 Å². The number of nitrogens with one attached hydrogen (secondary N) is 1. The first-order valence-electron chi connectivity index (χ1n) is 12.4. The predicted octanol–water partition coefficient (Wildman–Crippen LogP) is 4.99. The predicted molar refractivity (Wildman–Crippen MR) is 156 cm³/mol. The van der Waals surface area contributed by atoms with E-state index < -0.39 is 34.1 Å². The summed E-state index contributed by atoms with van der Waals surface area (Å²) in [6.45, 7) is 6.76. The highest BCUT2D eigenvalue weighted by Crippen LogP contribution is 2.32. The Morgan fingerprint density at radius 1 is 0.974 bits per heavy atom. The normalized spacial score (nSPS) is 12.4. The highest BCUT2D eigenvalue weighted by atomic mass is 79.9. The number of hydrogen-bond acceptors (Lipinski definition) is 5. The molecule has 2 amide bonds. The molecule has 3 rings (SSSR count). The summed E-state index contributed by atoms with van der Waals surface area (Å²) in [6, 6.07) is 21.0. The molecule has 0 saturated heterocycles. The fraction of sp³-hybridized carbons (Fsp3) is 0.310. The summed E-state index contributed by atoms with van der Waals surface area (Å²) in [5, 5.41) is 2.92. The number of rotatable bonds is 10. The number of para-hydroxylation sites is 2. The van der Waals surface area contributed by atoms with Crippen LogP contribution in [0, 0.1) is 0 Å². The van der Waals surface area contributed by atoms with Crippen molar-refractivity contribution >= 4 is 43.5 Å². The summed E-state index contributed by atoms with van der Waals surface area (Å²) >= 11 is 3.45. The first-order valence-corrected chi connectivity index (χ1v) is 14.6. The molecule has 0 aromatic heterocycles. The van der Waals surface area contributed by atoms with E-state index in [2.05, 4.69) is 21.2 Å². The number of nitrogens with zero attached hydrogens (tertiary/aromatic N) is 2. The van der Waals surface area contributed by atoms with Crippen molar-refractivity contribution in [2.45, 2.75) is 50.7 Å². The maximum atomic E-state index is 14.0. The van der Waals surface area contributed by atoms with Crippen molar-refractivity contribution < 1.29 is 22.7 Å². The molecule has 208 valence electrons. The highest BCUT2D eigenvalue weighted by Gasteiger charge is 2.34. The van der Waals surface area contributed by atoms with Crippen LogP contribution in [-0.4, -0.2) is 50.4 Å². The number of hydrogen-bond donors (Lipinski definition) is 1. The van der Waals surface area contributed by atoms with E-state index in [1.165, 1.54) is 24.1 Å². The number of benzene rings is 3. The first kappa shape index (κ1) is 30.2. The molecule has 0 saturated carbocycles. The maximum Gasteiger partial charge on any atom is 0.264 e. The maximum absolute atomic E-state index is 14.0. The lowest BCUT2D eigenvalue weighted by Gasteiger charge is -2.33. The van der Waals surface area contributed by atoms with Gasteiger partial charge in [-0.05, 0) is 69.7 Å². The topological polar surface area (TPSA) is 96.0 Å². The van der Waals surface area contributed by atoms with Crippen LogP contribution in [0.15, 0.2) is 88.2 Å². The smallest absolute Gasteiger partial charge is 0.264 e. The van der Waals surface area contributed by atoms with Gasteiger partial charge in [-0.15, -0.1) is 0 Å². The van der Waals surface area contributed by atoms with Gasteiger partial charge in [-0.25, -0.2) is 8.42 Å². The molecule has 3 aromatic rings. The van der Waals surface area contributed by atoms with Gasteiger partial charge < -0.3 is 15.0 Å². The Balaban J connectivity index is 2.07. The minimum absolute atomic E-state index is 0.0285. The standard InChI is InChI=1S/C29H34BrN3O5S/c1-21(28(35)31-29(2,3)4)32(19-22-12-11-13-23(30)18-22)27(34)20-33(25-16-9-10-17-26(25)38-5)39(36,37)24-14-7-6-8-15-24/h6-18,21H,19-20H2,1-5H3,(H,31,35)/t21-/m1/s1. The minimum atomic E-state index is -4.17. The monoisotopic (exact) mass is 615 g/mol. The zero-order valence-corrected chi connectivity index (χ0v) is 25.1. The third kappa shape index (κ3) is 7.83. The van der Waals surface area contributed by atoms with Crippen LogP contribution in [0.1, 0.15) is 33.3 Å². The van der Waals surface area contributed by atoms with Gasteiger partial charge in [-0.3, -0.25) is 13.9 Å². The molecule has 0 unspecified atom stereocenters. The van der Waals surface area contributed by atoms with E-state index in [0.29, 0.717) is 5.75 Å². The Kier molecular flexibility index (Phi) is 9.79. The molecule has 0 aliphatic carbocycles. The number of halogens is 1. The molecule has 39 heavy (non-hydrogen) atoms. The molecule has 3 aromatic carbocycles. The third-order valence-electron chi connectivity index (χ3n) is 5.87. The Labute approximate surface area is 239 Å². The fourth-order valence-corrected chi connectivity index (χ4v) is 5.85. The Hall–Kier alpha value is -3.37. The van der Waals surface area contributed by atoms with E-state index in [4.69, 9.17) is 4.74 Å². The van der Waals surface area contributed by atoms with Gasteiger partial charge in [0.2, 0.25) is 11.8 Å². The summed E-state index contributed by atoms with van der Waals surface area (Å²) in [5.41, 5.74) is 0.477. The van der Waals surface area contributed by atoms with E-state index >= 15 is 0 Å². The Bertz CT molecular complexity index is 1410. The van der Waals surface area contributed by atoms with Gasteiger partial charge in [-0.2, -0.15) is 0 Å². The number of carbonyl (C=O) groups excluding carboxylic acids is 2. The summed E-state index contributed by atoms with van der Waals surface area (Å²) in [4.78, 5) is 28.6. The van der Waals surface area contributed by atoms with E-state index in [0.717, 1.165) is 14.3 Å². The van der Waals surface area contributed by atoms with Crippen LogP contribution in [-0.2, 0) is 26.2 Å². The summed E-state index contributed by atoms with van der Waals surface area (Å²) in [7, 11) is -2.73. The first-order chi connectivity index (χ1) is 18.3. The molecule has 8 nitrogen and oxygen atoms in total. The molecule has 1 N–H and O–H groups in total. The van der Waals surface area contributed by atoms with Gasteiger partial charge in [0.15, 0.2) is 0 Å². The van der Waals surface area contributed by atoms with Gasteiger partial charge in [0.25, 0.3) is 10.0 Å². The van der Waals surface area contributed by atoms with Crippen LogP contribution in [0.25, 0.3) is 0 Å². The zero-order valence-electron chi connectivity index (χ0n) is 22.7. The molecule has 0 radical (unpaired) electrons. The van der Waals surface area contributed by atoms with Gasteiger partial charge in [0.1, 0.15) is 18.3 Å². The zero-order chi connectivity index (χ0) is 28.8. The number of methoxy groups -OCH3 is 1. The van der Waals surface area contributed by atoms with Crippen LogP contribution in [0.4, 0.5) is 5.69 Å². The SMILES string of the molecule is COc1ccccc1N(CC(=O)N(Cc1cccc(Br)c1)[C@H](C)C(=O)NC(C)(C)C)S(=O)(=O)c1ccccc1. The second-order valence-electron chi connectivity index (χ2n) is 10.1. The molecule has 0 spiro atoms. The number of anilines is 1. The van der Waals surface area contributed by atoms with Crippen molar-refractivity contribution in [1.29, 1.82) is 0 Å². The number of amides is 2. The second-order valence-corrected chi connectivity index (χ2v) is 12.8. The van der Waals surface area contributed by atoms with E-state index in [1.54, 1.807) is 49.4 Å². The average molecular weight is 617 g/mol. The minimum Gasteiger partial charge on any atom is -0.495 e. The summed E-state index contributed by atoms with van der Waals surface area (Å²) in [6.07, 6.45) is 0. The molecule has 0 heterocycles. The lowest BCUT2D eigenvalue weighted by molar-refractivity contribution is -0.140. The molecule has 0 bridgehead atoms. The van der Waals surface area contributed by atoms with Crippen molar-refractivity contribution in [3.05, 3.63) is 88.9 Å². The van der Waals surface area contributed by atoms with Crippen LogP contribution >= 0.6 is 15.9 Å². The largest absolute Gasteiger partial charge is 0.495 e. The van der Waals surface area contributed by atoms with Crippen molar-refractivity contribution in [2.75, 3.05) is 18.0 Å². The van der Waals surface area contributed by atoms with Crippen LogP contribution in [0.5, 0.6) is 5.75 Å². The van der Waals surface area contributed by atoms with Crippen LogP contribution in [0.2, 0.25) is 0 Å². The molecule has 1 atom stereocenters. The van der Waals surface area contributed by atoms with Crippen molar-refractivity contribution in [3.8, 4) is 5.75 Å². The Morgan fingerprint density at radius 2 is 1.62 bits per heavy atom. The van der Waals surface area contributed by atoms with Crippen molar-refractivity contribution in [2.24, 2.45) is 0 Å². The van der Waals surface area contributed by atoms with Gasteiger partial charge in [0.05, 0.1) is 17.7 Å². The van der Waals surface area contributed by atoms with Gasteiger partial charge in [-0.1, -0.05) is 58.4 Å². The highest BCUT2D eigenvalue weighted by molar-refractivity contribution is 9.10. The van der Waals surface area contributed by atoms with Crippen LogP contribution in [0.3, 0.4) is 0 Å². The Morgan fingerprint density at radius 3 is 2.23 bits per heavy atom. The fourth-order valence-electron chi connectivity index (χ4n) is 3.96. The third-order valence-corrected chi connectivity index (χ3v) is 8.14. The lowest BCUT2D eigenvalue weighted by atomic mass is 10.1. The van der Waals surface area contributed by atoms with Gasteiger partial charge in [0, 0.05) is 16.6 Å². The average Bonchev–Trinajstić information content (AvgIpc) is 2.89. The van der Waals surface area contributed by atoms with Crippen molar-refractivity contribution in [3.63, 3.8) is 0 Å².